The molecule has 0 aliphatic carbocycles. The Morgan fingerprint density at radius 1 is 1.24 bits per heavy atom. The van der Waals surface area contributed by atoms with Crippen molar-refractivity contribution in [2.75, 3.05) is 17.8 Å². The minimum Gasteiger partial charge on any atom is -0.315 e. The smallest absolute Gasteiger partial charge is 0.236 e. The molecule has 1 heterocycles. The molecule has 0 radical (unpaired) electrons. The number of nitrogens with one attached hydrogen (secondary N) is 2. The Hall–Kier alpha value is -1.07. The topological polar surface area (TPSA) is 58.2 Å². The fourth-order valence-electron chi connectivity index (χ4n) is 2.17. The van der Waals surface area contributed by atoms with Gasteiger partial charge in [0.05, 0.1) is 5.25 Å². The molecule has 1 atom stereocenters. The third-order valence-electron chi connectivity index (χ3n) is 2.94. The minimum atomic E-state index is -3.26. The number of aryl methyl sites for hydroxylation is 2. The largest absolute Gasteiger partial charge is 0.315 e. The number of rotatable bonds is 3. The van der Waals surface area contributed by atoms with Crippen molar-refractivity contribution in [3.05, 3.63) is 29.3 Å². The molecule has 0 amide bonds. The first-order chi connectivity index (χ1) is 7.97. The summed E-state index contributed by atoms with van der Waals surface area (Å²) >= 11 is 0. The Balaban J connectivity index is 2.19. The van der Waals surface area contributed by atoms with E-state index in [4.69, 9.17) is 0 Å². The number of hydrogen-bond acceptors (Lipinski definition) is 3. The predicted octanol–water partition coefficient (Wildman–Crippen LogP) is 1.41. The molecule has 94 valence electrons. The van der Waals surface area contributed by atoms with Crippen LogP contribution in [0, 0.1) is 13.8 Å². The maximum absolute atomic E-state index is 12.1. The van der Waals surface area contributed by atoms with Crippen molar-refractivity contribution in [2.24, 2.45) is 0 Å². The predicted molar refractivity (Wildman–Crippen MR) is 69.7 cm³/mol. The highest BCUT2D eigenvalue weighted by Gasteiger charge is 2.28. The maximum Gasteiger partial charge on any atom is 0.236 e. The van der Waals surface area contributed by atoms with Gasteiger partial charge >= 0.3 is 0 Å². The quantitative estimate of drug-likeness (QED) is 0.857. The highest BCUT2D eigenvalue weighted by molar-refractivity contribution is 7.93. The summed E-state index contributed by atoms with van der Waals surface area (Å²) in [5.41, 5.74) is 2.79. The van der Waals surface area contributed by atoms with E-state index in [0.717, 1.165) is 17.7 Å². The molecule has 1 aromatic rings. The molecule has 0 spiro atoms. The monoisotopic (exact) mass is 254 g/mol. The van der Waals surface area contributed by atoms with E-state index in [2.05, 4.69) is 10.0 Å². The van der Waals surface area contributed by atoms with Gasteiger partial charge in [-0.05, 0) is 50.1 Å². The molecule has 17 heavy (non-hydrogen) atoms. The fourth-order valence-corrected chi connectivity index (χ4v) is 3.55. The molecule has 1 aromatic carbocycles. The van der Waals surface area contributed by atoms with Crippen molar-refractivity contribution in [1.29, 1.82) is 0 Å². The number of benzene rings is 1. The standard InChI is InChI=1S/C12H18N2O2S/c1-9-5-10(2)7-11(6-9)14-17(15,16)12-3-4-13-8-12/h5-7,12-14H,3-4,8H2,1-2H3. The summed E-state index contributed by atoms with van der Waals surface area (Å²) in [5, 5.41) is 2.75. The van der Waals surface area contributed by atoms with Crippen molar-refractivity contribution >= 4 is 15.7 Å². The zero-order valence-electron chi connectivity index (χ0n) is 10.2. The van der Waals surface area contributed by atoms with Crippen LogP contribution in [0.25, 0.3) is 0 Å². The number of sulfonamides is 1. The summed E-state index contributed by atoms with van der Waals surface area (Å²) in [4.78, 5) is 0. The summed E-state index contributed by atoms with van der Waals surface area (Å²) in [5.74, 6) is 0. The van der Waals surface area contributed by atoms with E-state index < -0.39 is 10.0 Å². The van der Waals surface area contributed by atoms with Crippen LogP contribution in [0.5, 0.6) is 0 Å². The van der Waals surface area contributed by atoms with Gasteiger partial charge in [0.2, 0.25) is 10.0 Å². The second kappa shape index (κ2) is 4.66. The molecule has 2 N–H and O–H groups in total. The Labute approximate surface area is 102 Å². The molecule has 1 fully saturated rings. The molecule has 5 heteroatoms. The zero-order valence-corrected chi connectivity index (χ0v) is 11.0. The van der Waals surface area contributed by atoms with Gasteiger partial charge in [0.15, 0.2) is 0 Å². The van der Waals surface area contributed by atoms with Crippen LogP contribution in [-0.4, -0.2) is 26.8 Å². The Morgan fingerprint density at radius 3 is 2.41 bits per heavy atom. The maximum atomic E-state index is 12.1. The summed E-state index contributed by atoms with van der Waals surface area (Å²) < 4.78 is 26.8. The first-order valence-electron chi connectivity index (χ1n) is 5.78. The van der Waals surface area contributed by atoms with Gasteiger partial charge in [0, 0.05) is 12.2 Å². The van der Waals surface area contributed by atoms with Crippen molar-refractivity contribution in [2.45, 2.75) is 25.5 Å². The van der Waals surface area contributed by atoms with E-state index in [1.165, 1.54) is 0 Å². The van der Waals surface area contributed by atoms with E-state index >= 15 is 0 Å². The molecule has 2 rings (SSSR count). The van der Waals surface area contributed by atoms with E-state index in [-0.39, 0.29) is 5.25 Å². The van der Waals surface area contributed by atoms with Crippen LogP contribution >= 0.6 is 0 Å². The molecular formula is C12H18N2O2S. The SMILES string of the molecule is Cc1cc(C)cc(NS(=O)(=O)C2CCNC2)c1. The normalized spacial score (nSPS) is 20.5. The van der Waals surface area contributed by atoms with Crippen molar-refractivity contribution in [1.82, 2.24) is 5.32 Å². The lowest BCUT2D eigenvalue weighted by molar-refractivity contribution is 0.588. The lowest BCUT2D eigenvalue weighted by atomic mass is 10.1. The zero-order chi connectivity index (χ0) is 12.5. The molecule has 1 aliphatic rings. The minimum absolute atomic E-state index is 0.316. The van der Waals surface area contributed by atoms with Crippen LogP contribution in [0.4, 0.5) is 5.69 Å². The molecular weight excluding hydrogens is 236 g/mol. The molecule has 0 aromatic heterocycles. The fraction of sp³-hybridized carbons (Fsp3) is 0.500. The summed E-state index contributed by atoms with van der Waals surface area (Å²) in [7, 11) is -3.26. The van der Waals surface area contributed by atoms with Gasteiger partial charge in [-0.25, -0.2) is 8.42 Å². The molecule has 1 saturated heterocycles. The highest BCUT2D eigenvalue weighted by Crippen LogP contribution is 2.18. The van der Waals surface area contributed by atoms with E-state index in [9.17, 15) is 8.42 Å². The van der Waals surface area contributed by atoms with Crippen molar-refractivity contribution in [3.8, 4) is 0 Å². The second-order valence-electron chi connectivity index (χ2n) is 4.64. The Kier molecular flexibility index (Phi) is 3.40. The number of hydrogen-bond donors (Lipinski definition) is 2. The molecule has 0 saturated carbocycles. The van der Waals surface area contributed by atoms with Crippen LogP contribution in [-0.2, 0) is 10.0 Å². The van der Waals surface area contributed by atoms with Gasteiger partial charge in [-0.15, -0.1) is 0 Å². The van der Waals surface area contributed by atoms with Crippen LogP contribution < -0.4 is 10.0 Å². The van der Waals surface area contributed by atoms with Crippen LogP contribution in [0.15, 0.2) is 18.2 Å². The van der Waals surface area contributed by atoms with Gasteiger partial charge in [-0.2, -0.15) is 0 Å². The van der Waals surface area contributed by atoms with Crippen LogP contribution in [0.2, 0.25) is 0 Å². The van der Waals surface area contributed by atoms with Gasteiger partial charge in [0.1, 0.15) is 0 Å². The van der Waals surface area contributed by atoms with Crippen molar-refractivity contribution < 1.29 is 8.42 Å². The highest BCUT2D eigenvalue weighted by atomic mass is 32.2. The van der Waals surface area contributed by atoms with Crippen LogP contribution in [0.1, 0.15) is 17.5 Å². The Bertz CT molecular complexity index is 485. The second-order valence-corrected chi connectivity index (χ2v) is 6.60. The summed E-state index contributed by atoms with van der Waals surface area (Å²) in [6, 6.07) is 5.73. The molecule has 1 unspecified atom stereocenters. The van der Waals surface area contributed by atoms with Gasteiger partial charge in [-0.3, -0.25) is 4.72 Å². The third-order valence-corrected chi connectivity index (χ3v) is 4.74. The Morgan fingerprint density at radius 2 is 1.88 bits per heavy atom. The molecule has 4 nitrogen and oxygen atoms in total. The van der Waals surface area contributed by atoms with Gasteiger partial charge < -0.3 is 5.32 Å². The summed E-state index contributed by atoms with van der Waals surface area (Å²) in [6.45, 7) is 5.24. The average Bonchev–Trinajstić information content (AvgIpc) is 2.67. The van der Waals surface area contributed by atoms with E-state index in [1.54, 1.807) is 0 Å². The molecule has 1 aliphatic heterocycles. The molecule has 0 bridgehead atoms. The lowest BCUT2D eigenvalue weighted by Crippen LogP contribution is -2.29. The van der Waals surface area contributed by atoms with Gasteiger partial charge in [0.25, 0.3) is 0 Å². The first-order valence-corrected chi connectivity index (χ1v) is 7.33. The first kappa shape index (κ1) is 12.4. The van der Waals surface area contributed by atoms with Crippen molar-refractivity contribution in [3.63, 3.8) is 0 Å². The van der Waals surface area contributed by atoms with E-state index in [1.807, 2.05) is 32.0 Å². The van der Waals surface area contributed by atoms with E-state index in [0.29, 0.717) is 18.7 Å². The average molecular weight is 254 g/mol. The third kappa shape index (κ3) is 2.98. The van der Waals surface area contributed by atoms with Gasteiger partial charge in [-0.1, -0.05) is 6.07 Å². The van der Waals surface area contributed by atoms with Crippen LogP contribution in [0.3, 0.4) is 0 Å². The number of anilines is 1. The lowest BCUT2D eigenvalue weighted by Gasteiger charge is -2.13. The summed E-state index contributed by atoms with van der Waals surface area (Å²) in [6.07, 6.45) is 0.681.